The van der Waals surface area contributed by atoms with Gasteiger partial charge in [-0.15, -0.1) is 0 Å². The van der Waals surface area contributed by atoms with Gasteiger partial charge < -0.3 is 9.13 Å². The Kier molecular flexibility index (Phi) is 6.48. The highest BCUT2D eigenvalue weighted by atomic mass is 15.0. The average Bonchev–Trinajstić information content (AvgIpc) is 3.85. The Balaban J connectivity index is 1.01. The van der Waals surface area contributed by atoms with Gasteiger partial charge in [0.25, 0.3) is 0 Å². The smallest absolute Gasteiger partial charge is 0.0541 e. The summed E-state index contributed by atoms with van der Waals surface area (Å²) in [6.07, 6.45) is 0.969. The Morgan fingerprint density at radius 3 is 1.19 bits per heavy atom. The van der Waals surface area contributed by atoms with Crippen LogP contribution in [0, 0.1) is 13.8 Å². The Morgan fingerprint density at radius 1 is 0.340 bits per heavy atom. The van der Waals surface area contributed by atoms with E-state index in [4.69, 9.17) is 0 Å². The van der Waals surface area contributed by atoms with Gasteiger partial charge in [0.15, 0.2) is 0 Å². The molecule has 2 aromatic heterocycles. The van der Waals surface area contributed by atoms with Crippen molar-refractivity contribution in [1.29, 1.82) is 0 Å². The fourth-order valence-corrected chi connectivity index (χ4v) is 8.98. The molecule has 0 unspecified atom stereocenters. The van der Waals surface area contributed by atoms with Crippen molar-refractivity contribution in [3.63, 3.8) is 0 Å². The monoisotopic (exact) mass is 676 g/mol. The molecular weight excluding hydrogens is 641 g/mol. The predicted octanol–water partition coefficient (Wildman–Crippen LogP) is 13.4. The third-order valence-electron chi connectivity index (χ3n) is 11.6. The first-order chi connectivity index (χ1) is 26.1. The average molecular weight is 677 g/mol. The molecular formula is C51H36N2. The molecule has 10 aromatic rings. The lowest BCUT2D eigenvalue weighted by Crippen LogP contribution is -1.96. The first-order valence-corrected chi connectivity index (χ1v) is 18.6. The largest absolute Gasteiger partial charge is 0.309 e. The second-order valence-corrected chi connectivity index (χ2v) is 14.7. The molecule has 250 valence electrons. The summed E-state index contributed by atoms with van der Waals surface area (Å²) in [6, 6.07) is 63.1. The molecule has 0 radical (unpaired) electrons. The highest BCUT2D eigenvalue weighted by molar-refractivity contribution is 6.12. The van der Waals surface area contributed by atoms with Gasteiger partial charge in [-0.3, -0.25) is 0 Å². The summed E-state index contributed by atoms with van der Waals surface area (Å²) in [5, 5.41) is 5.12. The Labute approximate surface area is 308 Å². The number of hydrogen-bond acceptors (Lipinski definition) is 0. The molecule has 0 saturated heterocycles. The van der Waals surface area contributed by atoms with Crippen molar-refractivity contribution >= 4 is 43.6 Å². The number of para-hydroxylation sites is 4. The summed E-state index contributed by atoms with van der Waals surface area (Å²) >= 11 is 0. The minimum absolute atomic E-state index is 0.969. The maximum absolute atomic E-state index is 2.42. The van der Waals surface area contributed by atoms with E-state index in [0.29, 0.717) is 0 Å². The number of benzene rings is 8. The topological polar surface area (TPSA) is 9.86 Å². The first kappa shape index (κ1) is 30.0. The van der Waals surface area contributed by atoms with E-state index in [1.54, 1.807) is 0 Å². The van der Waals surface area contributed by atoms with E-state index in [9.17, 15) is 0 Å². The summed E-state index contributed by atoms with van der Waals surface area (Å²) in [6.45, 7) is 4.39. The third-order valence-corrected chi connectivity index (χ3v) is 11.6. The van der Waals surface area contributed by atoms with E-state index in [1.165, 1.54) is 111 Å². The van der Waals surface area contributed by atoms with Crippen LogP contribution < -0.4 is 0 Å². The molecule has 0 amide bonds. The van der Waals surface area contributed by atoms with Crippen LogP contribution in [0.3, 0.4) is 0 Å². The van der Waals surface area contributed by atoms with Crippen LogP contribution >= 0.6 is 0 Å². The fourth-order valence-electron chi connectivity index (χ4n) is 8.98. The molecule has 1 aliphatic carbocycles. The normalized spacial score (nSPS) is 12.3. The number of aromatic nitrogens is 2. The predicted molar refractivity (Wildman–Crippen MR) is 224 cm³/mol. The molecule has 0 bridgehead atoms. The number of aryl methyl sites for hydroxylation is 2. The Morgan fingerprint density at radius 2 is 0.717 bits per heavy atom. The van der Waals surface area contributed by atoms with Crippen LogP contribution in [0.4, 0.5) is 0 Å². The summed E-state index contributed by atoms with van der Waals surface area (Å²) < 4.78 is 4.84. The summed E-state index contributed by atoms with van der Waals surface area (Å²) in [7, 11) is 0. The lowest BCUT2D eigenvalue weighted by molar-refractivity contribution is 1.15. The minimum Gasteiger partial charge on any atom is -0.309 e. The van der Waals surface area contributed by atoms with E-state index >= 15 is 0 Å². The van der Waals surface area contributed by atoms with Crippen LogP contribution in [0.5, 0.6) is 0 Å². The van der Waals surface area contributed by atoms with Gasteiger partial charge in [-0.05, 0) is 137 Å². The van der Waals surface area contributed by atoms with Crippen molar-refractivity contribution in [2.75, 3.05) is 0 Å². The van der Waals surface area contributed by atoms with E-state index in [-0.39, 0.29) is 0 Å². The molecule has 2 heteroatoms. The van der Waals surface area contributed by atoms with Crippen LogP contribution in [-0.2, 0) is 6.42 Å². The van der Waals surface area contributed by atoms with Crippen LogP contribution in [0.1, 0.15) is 22.3 Å². The first-order valence-electron chi connectivity index (χ1n) is 18.6. The Bertz CT molecular complexity index is 2900. The maximum atomic E-state index is 2.42. The lowest BCUT2D eigenvalue weighted by Gasteiger charge is -2.12. The van der Waals surface area contributed by atoms with Gasteiger partial charge in [-0.25, -0.2) is 0 Å². The zero-order valence-corrected chi connectivity index (χ0v) is 29.8. The number of fused-ring (bicyclic) bond motifs is 9. The second-order valence-electron chi connectivity index (χ2n) is 14.7. The van der Waals surface area contributed by atoms with Gasteiger partial charge in [-0.2, -0.15) is 0 Å². The lowest BCUT2D eigenvalue weighted by atomic mass is 9.95. The van der Waals surface area contributed by atoms with Crippen LogP contribution in [0.25, 0.3) is 88.4 Å². The van der Waals surface area contributed by atoms with Crippen molar-refractivity contribution in [2.24, 2.45) is 0 Å². The maximum Gasteiger partial charge on any atom is 0.0541 e. The third kappa shape index (κ3) is 4.52. The molecule has 53 heavy (non-hydrogen) atoms. The number of hydrogen-bond donors (Lipinski definition) is 0. The van der Waals surface area contributed by atoms with Gasteiger partial charge in [0.2, 0.25) is 0 Å². The fraction of sp³-hybridized carbons (Fsp3) is 0.0588. The molecule has 2 nitrogen and oxygen atoms in total. The van der Waals surface area contributed by atoms with Crippen molar-refractivity contribution in [3.05, 3.63) is 192 Å². The minimum atomic E-state index is 0.969. The molecule has 1 aliphatic rings. The van der Waals surface area contributed by atoms with Crippen LogP contribution in [0.15, 0.2) is 170 Å². The zero-order valence-electron chi connectivity index (χ0n) is 29.8. The highest BCUT2D eigenvalue weighted by Crippen LogP contribution is 2.43. The highest BCUT2D eigenvalue weighted by Gasteiger charge is 2.21. The SMILES string of the molecule is Cc1ccccc1-n1c2ccccc2c2cc(-c3ccc4c(c3)-c3cc(-c5ccc6c(c5)c5ccccc5n6-c5ccccc5C)ccc3C4)ccc21. The summed E-state index contributed by atoms with van der Waals surface area (Å²) in [5.41, 5.74) is 20.4. The van der Waals surface area contributed by atoms with Crippen LogP contribution in [0.2, 0.25) is 0 Å². The molecule has 0 aliphatic heterocycles. The van der Waals surface area contributed by atoms with Crippen LogP contribution in [-0.4, -0.2) is 9.13 Å². The van der Waals surface area contributed by atoms with Gasteiger partial charge in [0.1, 0.15) is 0 Å². The van der Waals surface area contributed by atoms with Crippen molar-refractivity contribution in [1.82, 2.24) is 9.13 Å². The Hall–Kier alpha value is -6.64. The van der Waals surface area contributed by atoms with E-state index in [0.717, 1.165) is 6.42 Å². The number of rotatable bonds is 4. The molecule has 8 aromatic carbocycles. The second kappa shape index (κ2) is 11.4. The zero-order chi connectivity index (χ0) is 35.2. The molecule has 0 saturated carbocycles. The van der Waals surface area contributed by atoms with Gasteiger partial charge in [0.05, 0.1) is 22.1 Å². The van der Waals surface area contributed by atoms with E-state index in [1.807, 2.05) is 0 Å². The molecule has 2 heterocycles. The van der Waals surface area contributed by atoms with Crippen molar-refractivity contribution in [3.8, 4) is 44.8 Å². The molecule has 0 atom stereocenters. The van der Waals surface area contributed by atoms with Gasteiger partial charge >= 0.3 is 0 Å². The van der Waals surface area contributed by atoms with Crippen molar-refractivity contribution < 1.29 is 0 Å². The van der Waals surface area contributed by atoms with E-state index < -0.39 is 0 Å². The summed E-state index contributed by atoms with van der Waals surface area (Å²) in [4.78, 5) is 0. The van der Waals surface area contributed by atoms with Gasteiger partial charge in [0, 0.05) is 32.9 Å². The molecule has 0 N–H and O–H groups in total. The molecule has 0 fully saturated rings. The summed E-state index contributed by atoms with van der Waals surface area (Å²) in [5.74, 6) is 0. The quantitative estimate of drug-likeness (QED) is 0.176. The molecule has 0 spiro atoms. The van der Waals surface area contributed by atoms with Crippen molar-refractivity contribution in [2.45, 2.75) is 20.3 Å². The molecule has 11 rings (SSSR count). The van der Waals surface area contributed by atoms with Gasteiger partial charge in [-0.1, -0.05) is 109 Å². The van der Waals surface area contributed by atoms with E-state index in [2.05, 4.69) is 193 Å². The number of nitrogens with zero attached hydrogens (tertiary/aromatic N) is 2. The standard InChI is InChI=1S/C51H36N2/c1-32-11-3-7-15-46(32)52-48-17-9-5-13-40(48)44-30-36(23-25-50(44)52)34-19-21-38-27-39-22-20-35(29-43(39)42(38)28-34)37-24-26-51-45(31-37)41-14-6-10-18-49(41)53(51)47-16-8-4-12-33(47)2/h3-26,28-31H,27H2,1-2H3.